The molecule has 4 heteroatoms. The Hall–Kier alpha value is 0.352. The van der Waals surface area contributed by atoms with Crippen LogP contribution in [0.25, 0.3) is 0 Å². The maximum absolute atomic E-state index is 11.3. The fourth-order valence-corrected chi connectivity index (χ4v) is 2.75. The number of rotatable bonds is 3. The Balaban J connectivity index is 2.28. The molecule has 0 radical (unpaired) electrons. The van der Waals surface area contributed by atoms with Crippen LogP contribution in [-0.4, -0.2) is 44.9 Å². The van der Waals surface area contributed by atoms with Crippen molar-refractivity contribution in [2.24, 2.45) is 5.92 Å². The number of esters is 1. The molecule has 0 unspecified atom stereocenters. The number of ether oxygens (including phenoxy) is 1. The summed E-state index contributed by atoms with van der Waals surface area (Å²) in [5, 5.41) is 0. The summed E-state index contributed by atoms with van der Waals surface area (Å²) in [7, 11) is 0. The fourth-order valence-electron chi connectivity index (χ4n) is 1.69. The van der Waals surface area contributed by atoms with Crippen LogP contribution < -0.4 is 0 Å². The van der Waals surface area contributed by atoms with E-state index in [0.717, 1.165) is 25.7 Å². The zero-order valence-corrected chi connectivity index (χ0v) is 12.5. The predicted octanol–water partition coefficient (Wildman–Crippen LogP) is 1.21. The van der Waals surface area contributed by atoms with Crippen molar-refractivity contribution in [3.8, 4) is 0 Å². The second-order valence-electron chi connectivity index (χ2n) is 3.36. The Bertz CT molecular complexity index is 164. The van der Waals surface area contributed by atoms with Crippen molar-refractivity contribution in [2.75, 3.05) is 6.61 Å². The van der Waals surface area contributed by atoms with Gasteiger partial charge in [0, 0.05) is 0 Å². The molecule has 0 aromatic heterocycles. The third-order valence-electron chi connectivity index (χ3n) is 2.49. The molecule has 1 fully saturated rings. The van der Waals surface area contributed by atoms with Crippen molar-refractivity contribution in [3.05, 3.63) is 0 Å². The van der Waals surface area contributed by atoms with Gasteiger partial charge in [-0.25, -0.2) is 0 Å². The molecule has 1 aliphatic carbocycles. The molecule has 0 N–H and O–H groups in total. The molecule has 0 amide bonds. The molecule has 1 aliphatic rings. The van der Waals surface area contributed by atoms with Crippen molar-refractivity contribution < 1.29 is 12.2 Å². The first-order valence-electron chi connectivity index (χ1n) is 4.80. The summed E-state index contributed by atoms with van der Waals surface area (Å²) in [6.45, 7) is 2.35. The van der Waals surface area contributed by atoms with E-state index < -0.39 is 0 Å². The Morgan fingerprint density at radius 1 is 1.38 bits per heavy atom. The van der Waals surface area contributed by atoms with E-state index in [2.05, 4.69) is 0 Å². The molecule has 3 nitrogen and oxygen atoms in total. The van der Waals surface area contributed by atoms with Gasteiger partial charge in [-0.05, 0) is 0 Å². The van der Waals surface area contributed by atoms with Gasteiger partial charge in [-0.3, -0.25) is 0 Å². The van der Waals surface area contributed by atoms with Crippen LogP contribution in [0.3, 0.4) is 0 Å². The van der Waals surface area contributed by atoms with E-state index in [4.69, 9.17) is 7.42 Å². The quantitative estimate of drug-likeness (QED) is 0.549. The molecule has 0 aromatic carbocycles. The van der Waals surface area contributed by atoms with Gasteiger partial charge in [-0.15, -0.1) is 0 Å². The van der Waals surface area contributed by atoms with Crippen LogP contribution in [0.15, 0.2) is 0 Å². The molecule has 1 rings (SSSR count). The van der Waals surface area contributed by atoms with Crippen molar-refractivity contribution in [1.29, 1.82) is 0 Å². The summed E-state index contributed by atoms with van der Waals surface area (Å²) < 4.78 is 10.4. The summed E-state index contributed by atoms with van der Waals surface area (Å²) in [5.41, 5.74) is 0. The van der Waals surface area contributed by atoms with Gasteiger partial charge in [0.15, 0.2) is 0 Å². The predicted molar refractivity (Wildman–Crippen MR) is 49.2 cm³/mol. The SMILES string of the molecule is CCOC(=O)C1CCC([O][Tl])CC1. The molecule has 0 aromatic rings. The number of hydrogen-bond acceptors (Lipinski definition) is 3. The average Bonchev–Trinajstić information content (AvgIpc) is 2.18. The van der Waals surface area contributed by atoms with Crippen LogP contribution in [0.2, 0.25) is 0 Å². The Labute approximate surface area is 95.5 Å². The second kappa shape index (κ2) is 5.95. The van der Waals surface area contributed by atoms with Gasteiger partial charge >= 0.3 is 95.6 Å². The van der Waals surface area contributed by atoms with Crippen LogP contribution in [0.5, 0.6) is 0 Å². The van der Waals surface area contributed by atoms with Crippen LogP contribution >= 0.6 is 0 Å². The van der Waals surface area contributed by atoms with Crippen LogP contribution in [0, 0.1) is 5.92 Å². The van der Waals surface area contributed by atoms with E-state index in [9.17, 15) is 4.79 Å². The minimum absolute atomic E-state index is 0.0169. The van der Waals surface area contributed by atoms with Crippen molar-refractivity contribution >= 4 is 32.2 Å². The summed E-state index contributed by atoms with van der Waals surface area (Å²) in [6, 6.07) is 0. The molecule has 0 atom stereocenters. The fraction of sp³-hybridized carbons (Fsp3) is 0.889. The van der Waals surface area contributed by atoms with Crippen LogP contribution in [0.4, 0.5) is 0 Å². The van der Waals surface area contributed by atoms with Gasteiger partial charge in [0.1, 0.15) is 0 Å². The molecule has 0 aliphatic heterocycles. The number of hydrogen-bond donors (Lipinski definition) is 0. The Morgan fingerprint density at radius 2 is 2.00 bits per heavy atom. The third kappa shape index (κ3) is 3.53. The van der Waals surface area contributed by atoms with Gasteiger partial charge in [0.2, 0.25) is 0 Å². The Kier molecular flexibility index (Phi) is 5.23. The summed E-state index contributed by atoms with van der Waals surface area (Å²) in [6.07, 6.45) is 4.36. The zero-order valence-electron chi connectivity index (χ0n) is 7.99. The maximum atomic E-state index is 11.3. The van der Waals surface area contributed by atoms with Gasteiger partial charge < -0.3 is 0 Å². The van der Waals surface area contributed by atoms with E-state index in [1.165, 1.54) is 0 Å². The van der Waals surface area contributed by atoms with Crippen molar-refractivity contribution in [3.63, 3.8) is 0 Å². The van der Waals surface area contributed by atoms with E-state index in [1.807, 2.05) is 6.92 Å². The molecule has 1 saturated carbocycles. The number of carbonyl (C=O) groups is 1. The molecular formula is C9H15O3Tl. The first-order valence-corrected chi connectivity index (χ1v) is 6.63. The van der Waals surface area contributed by atoms with Crippen LogP contribution in [0.1, 0.15) is 32.6 Å². The molecule has 0 saturated heterocycles. The summed E-state index contributed by atoms with van der Waals surface area (Å²) in [4.78, 5) is 11.3. The minimum atomic E-state index is -0.0169. The van der Waals surface area contributed by atoms with E-state index >= 15 is 0 Å². The first-order chi connectivity index (χ1) is 6.27. The van der Waals surface area contributed by atoms with Gasteiger partial charge in [-0.2, -0.15) is 0 Å². The second-order valence-corrected chi connectivity index (χ2v) is 4.42. The summed E-state index contributed by atoms with van der Waals surface area (Å²) >= 11 is 0.620. The number of carbonyl (C=O) groups excluding carboxylic acids is 1. The van der Waals surface area contributed by atoms with Gasteiger partial charge in [-0.1, -0.05) is 0 Å². The first kappa shape index (κ1) is 11.4. The molecule has 72 valence electrons. The van der Waals surface area contributed by atoms with Crippen LogP contribution in [-0.2, 0) is 12.2 Å². The summed E-state index contributed by atoms with van der Waals surface area (Å²) in [5.74, 6) is 0.119. The molecular weight excluding hydrogens is 360 g/mol. The topological polar surface area (TPSA) is 35.5 Å². The van der Waals surface area contributed by atoms with Gasteiger partial charge in [0.25, 0.3) is 0 Å². The third-order valence-corrected chi connectivity index (χ3v) is 3.98. The van der Waals surface area contributed by atoms with Gasteiger partial charge in [0.05, 0.1) is 0 Å². The van der Waals surface area contributed by atoms with E-state index in [-0.39, 0.29) is 11.9 Å². The van der Waals surface area contributed by atoms with E-state index in [0.29, 0.717) is 38.9 Å². The van der Waals surface area contributed by atoms with E-state index in [1.54, 1.807) is 0 Å². The zero-order chi connectivity index (χ0) is 9.68. The monoisotopic (exact) mass is 376 g/mol. The molecule has 0 bridgehead atoms. The average molecular weight is 376 g/mol. The standard InChI is InChI=1S/C9H15O3.Tl/c1-2-12-9(11)7-3-5-8(10)6-4-7;/h7-8H,2-6H2,1H3;/q-1;+1. The Morgan fingerprint density at radius 3 is 2.46 bits per heavy atom. The molecule has 0 spiro atoms. The molecule has 13 heavy (non-hydrogen) atoms. The van der Waals surface area contributed by atoms with Crippen molar-refractivity contribution in [2.45, 2.75) is 38.7 Å². The normalized spacial score (nSPS) is 28.3. The molecule has 0 heterocycles. The van der Waals surface area contributed by atoms with Crippen molar-refractivity contribution in [1.82, 2.24) is 0 Å².